The SMILES string of the molecule is COC(=O)CCCOc1cccc(Cl)c1CCN. The Balaban J connectivity index is 2.51. The molecule has 0 aromatic heterocycles. The van der Waals surface area contributed by atoms with E-state index in [0.717, 1.165) is 11.3 Å². The summed E-state index contributed by atoms with van der Waals surface area (Å²) in [5.41, 5.74) is 6.45. The van der Waals surface area contributed by atoms with Crippen LogP contribution in [0.4, 0.5) is 0 Å². The smallest absolute Gasteiger partial charge is 0.305 e. The van der Waals surface area contributed by atoms with Crippen LogP contribution in [0.5, 0.6) is 5.75 Å². The second kappa shape index (κ2) is 7.95. The summed E-state index contributed by atoms with van der Waals surface area (Å²) in [4.78, 5) is 10.9. The van der Waals surface area contributed by atoms with Crippen molar-refractivity contribution in [1.29, 1.82) is 0 Å². The van der Waals surface area contributed by atoms with E-state index in [2.05, 4.69) is 4.74 Å². The summed E-state index contributed by atoms with van der Waals surface area (Å²) in [5, 5.41) is 0.658. The molecule has 100 valence electrons. The van der Waals surface area contributed by atoms with Crippen molar-refractivity contribution in [3.63, 3.8) is 0 Å². The molecule has 0 radical (unpaired) electrons. The van der Waals surface area contributed by atoms with E-state index in [-0.39, 0.29) is 5.97 Å². The largest absolute Gasteiger partial charge is 0.493 e. The molecular formula is C13H18ClNO3. The quantitative estimate of drug-likeness (QED) is 0.610. The van der Waals surface area contributed by atoms with Crippen LogP contribution in [0.3, 0.4) is 0 Å². The summed E-state index contributed by atoms with van der Waals surface area (Å²) in [5.74, 6) is 0.504. The average molecular weight is 272 g/mol. The molecule has 0 aliphatic heterocycles. The lowest BCUT2D eigenvalue weighted by Crippen LogP contribution is -2.08. The second-order valence-corrected chi connectivity index (χ2v) is 4.19. The minimum absolute atomic E-state index is 0.230. The van der Waals surface area contributed by atoms with Gasteiger partial charge in [0.2, 0.25) is 0 Å². The summed E-state index contributed by atoms with van der Waals surface area (Å²) >= 11 is 6.08. The van der Waals surface area contributed by atoms with Gasteiger partial charge in [0, 0.05) is 17.0 Å². The van der Waals surface area contributed by atoms with Crippen LogP contribution in [0.15, 0.2) is 18.2 Å². The molecule has 4 nitrogen and oxygen atoms in total. The predicted molar refractivity (Wildman–Crippen MR) is 71.0 cm³/mol. The number of nitrogens with two attached hydrogens (primary N) is 1. The third kappa shape index (κ3) is 4.55. The number of ether oxygens (including phenoxy) is 2. The van der Waals surface area contributed by atoms with Crippen molar-refractivity contribution in [3.8, 4) is 5.75 Å². The number of hydrogen-bond donors (Lipinski definition) is 1. The first-order valence-corrected chi connectivity index (χ1v) is 6.24. The Morgan fingerprint density at radius 1 is 1.44 bits per heavy atom. The van der Waals surface area contributed by atoms with Crippen LogP contribution >= 0.6 is 11.6 Å². The third-order valence-corrected chi connectivity index (χ3v) is 2.83. The molecule has 0 aliphatic rings. The Kier molecular flexibility index (Phi) is 6.54. The maximum atomic E-state index is 10.9. The van der Waals surface area contributed by atoms with E-state index in [4.69, 9.17) is 22.1 Å². The number of carbonyl (C=O) groups excluding carboxylic acids is 1. The van der Waals surface area contributed by atoms with Crippen LogP contribution in [-0.2, 0) is 16.0 Å². The van der Waals surface area contributed by atoms with Crippen LogP contribution < -0.4 is 10.5 Å². The topological polar surface area (TPSA) is 61.5 Å². The molecule has 0 amide bonds. The van der Waals surface area contributed by atoms with Crippen LogP contribution in [-0.4, -0.2) is 26.2 Å². The number of halogens is 1. The molecular weight excluding hydrogens is 254 g/mol. The molecule has 2 N–H and O–H groups in total. The molecule has 0 heterocycles. The van der Waals surface area contributed by atoms with Gasteiger partial charge in [0.15, 0.2) is 0 Å². The van der Waals surface area contributed by atoms with Gasteiger partial charge >= 0.3 is 5.97 Å². The fraction of sp³-hybridized carbons (Fsp3) is 0.462. The molecule has 0 saturated heterocycles. The van der Waals surface area contributed by atoms with E-state index in [1.54, 1.807) is 0 Å². The normalized spacial score (nSPS) is 10.2. The molecule has 1 aromatic carbocycles. The van der Waals surface area contributed by atoms with Gasteiger partial charge in [0.25, 0.3) is 0 Å². The van der Waals surface area contributed by atoms with E-state index in [9.17, 15) is 4.79 Å². The third-order valence-electron chi connectivity index (χ3n) is 2.48. The van der Waals surface area contributed by atoms with Crippen LogP contribution in [0, 0.1) is 0 Å². The van der Waals surface area contributed by atoms with Gasteiger partial charge < -0.3 is 15.2 Å². The molecule has 18 heavy (non-hydrogen) atoms. The zero-order chi connectivity index (χ0) is 13.4. The van der Waals surface area contributed by atoms with E-state index in [1.807, 2.05) is 18.2 Å². The van der Waals surface area contributed by atoms with Gasteiger partial charge in [0.1, 0.15) is 5.75 Å². The number of benzene rings is 1. The van der Waals surface area contributed by atoms with Crippen molar-refractivity contribution in [2.75, 3.05) is 20.3 Å². The summed E-state index contributed by atoms with van der Waals surface area (Å²) < 4.78 is 10.2. The predicted octanol–water partition coefficient (Wildman–Crippen LogP) is 2.17. The lowest BCUT2D eigenvalue weighted by atomic mass is 10.1. The molecule has 5 heteroatoms. The zero-order valence-corrected chi connectivity index (χ0v) is 11.2. The Morgan fingerprint density at radius 2 is 2.22 bits per heavy atom. The summed E-state index contributed by atoms with van der Waals surface area (Å²) in [6.07, 6.45) is 1.64. The van der Waals surface area contributed by atoms with Crippen molar-refractivity contribution < 1.29 is 14.3 Å². The van der Waals surface area contributed by atoms with Gasteiger partial charge in [-0.2, -0.15) is 0 Å². The van der Waals surface area contributed by atoms with Crippen molar-refractivity contribution in [3.05, 3.63) is 28.8 Å². The van der Waals surface area contributed by atoms with Crippen molar-refractivity contribution in [1.82, 2.24) is 0 Å². The molecule has 0 aliphatic carbocycles. The Morgan fingerprint density at radius 3 is 2.89 bits per heavy atom. The Bertz CT molecular complexity index is 396. The monoisotopic (exact) mass is 271 g/mol. The molecule has 0 fully saturated rings. The first kappa shape index (κ1) is 14.8. The highest BCUT2D eigenvalue weighted by atomic mass is 35.5. The number of methoxy groups -OCH3 is 1. The molecule has 1 rings (SSSR count). The van der Waals surface area contributed by atoms with Gasteiger partial charge in [-0.05, 0) is 31.5 Å². The molecule has 0 bridgehead atoms. The van der Waals surface area contributed by atoms with Crippen LogP contribution in [0.25, 0.3) is 0 Å². The van der Waals surface area contributed by atoms with Crippen LogP contribution in [0.2, 0.25) is 5.02 Å². The van der Waals surface area contributed by atoms with Gasteiger partial charge in [-0.1, -0.05) is 17.7 Å². The van der Waals surface area contributed by atoms with Crippen molar-refractivity contribution in [2.45, 2.75) is 19.3 Å². The lowest BCUT2D eigenvalue weighted by molar-refractivity contribution is -0.140. The van der Waals surface area contributed by atoms with E-state index in [1.165, 1.54) is 7.11 Å². The first-order valence-electron chi connectivity index (χ1n) is 5.86. The summed E-state index contributed by atoms with van der Waals surface area (Å²) in [7, 11) is 1.37. The fourth-order valence-electron chi connectivity index (χ4n) is 1.56. The van der Waals surface area contributed by atoms with Gasteiger partial charge in [0.05, 0.1) is 13.7 Å². The highest BCUT2D eigenvalue weighted by Crippen LogP contribution is 2.26. The molecule has 0 spiro atoms. The average Bonchev–Trinajstić information content (AvgIpc) is 2.38. The maximum absolute atomic E-state index is 10.9. The van der Waals surface area contributed by atoms with Gasteiger partial charge in [-0.15, -0.1) is 0 Å². The molecule has 1 aromatic rings. The molecule has 0 atom stereocenters. The van der Waals surface area contributed by atoms with Gasteiger partial charge in [-0.3, -0.25) is 4.79 Å². The van der Waals surface area contributed by atoms with E-state index < -0.39 is 0 Å². The van der Waals surface area contributed by atoms with Crippen molar-refractivity contribution in [2.24, 2.45) is 5.73 Å². The highest BCUT2D eigenvalue weighted by molar-refractivity contribution is 6.31. The molecule has 0 unspecified atom stereocenters. The number of rotatable bonds is 7. The maximum Gasteiger partial charge on any atom is 0.305 e. The number of hydrogen-bond acceptors (Lipinski definition) is 4. The van der Waals surface area contributed by atoms with Crippen LogP contribution in [0.1, 0.15) is 18.4 Å². The van der Waals surface area contributed by atoms with E-state index >= 15 is 0 Å². The summed E-state index contributed by atoms with van der Waals surface area (Å²) in [6.45, 7) is 0.968. The lowest BCUT2D eigenvalue weighted by Gasteiger charge is -2.12. The number of carbonyl (C=O) groups is 1. The first-order chi connectivity index (χ1) is 8.69. The second-order valence-electron chi connectivity index (χ2n) is 3.78. The zero-order valence-electron chi connectivity index (χ0n) is 10.4. The minimum Gasteiger partial charge on any atom is -0.493 e. The number of esters is 1. The minimum atomic E-state index is -0.230. The Hall–Kier alpha value is -1.26. The van der Waals surface area contributed by atoms with Gasteiger partial charge in [-0.25, -0.2) is 0 Å². The molecule has 0 saturated carbocycles. The van der Waals surface area contributed by atoms with Crippen molar-refractivity contribution >= 4 is 17.6 Å². The summed E-state index contributed by atoms with van der Waals surface area (Å²) in [6, 6.07) is 5.50. The Labute approximate surface area is 112 Å². The fourth-order valence-corrected chi connectivity index (χ4v) is 1.82. The standard InChI is InChI=1S/C13H18ClNO3/c1-17-13(16)6-3-9-18-12-5-2-4-11(14)10(12)7-8-15/h2,4-5H,3,6-9,15H2,1H3. The highest BCUT2D eigenvalue weighted by Gasteiger charge is 2.07. The van der Waals surface area contributed by atoms with E-state index in [0.29, 0.717) is 37.4 Å².